The van der Waals surface area contributed by atoms with Gasteiger partial charge in [-0.3, -0.25) is 0 Å². The Bertz CT molecular complexity index is 1590. The van der Waals surface area contributed by atoms with Crippen molar-refractivity contribution in [3.63, 3.8) is 0 Å². The van der Waals surface area contributed by atoms with E-state index in [0.29, 0.717) is 17.2 Å². The van der Waals surface area contributed by atoms with Gasteiger partial charge in [-0.05, 0) is 90.6 Å². The summed E-state index contributed by atoms with van der Waals surface area (Å²) in [6.45, 7) is 6.30. The van der Waals surface area contributed by atoms with Crippen molar-refractivity contribution in [2.45, 2.75) is 20.8 Å². The third-order valence-corrected chi connectivity index (χ3v) is 8.24. The summed E-state index contributed by atoms with van der Waals surface area (Å²) in [6.07, 6.45) is 0. The van der Waals surface area contributed by atoms with Crippen LogP contribution in [0.25, 0.3) is 33.4 Å². The Hall–Kier alpha value is -4.85. The Morgan fingerprint density at radius 1 is 0.326 bits per heavy atom. The number of benzene rings is 6. The second-order valence-corrected chi connectivity index (χ2v) is 11.7. The first kappa shape index (κ1) is 28.3. The molecule has 3 nitrogen and oxygen atoms in total. The molecule has 0 bridgehead atoms. The minimum atomic E-state index is -1.80. The highest BCUT2D eigenvalue weighted by molar-refractivity contribution is 7.43. The van der Waals surface area contributed by atoms with Gasteiger partial charge in [0.1, 0.15) is 17.2 Å². The van der Waals surface area contributed by atoms with Gasteiger partial charge in [0, 0.05) is 0 Å². The second kappa shape index (κ2) is 13.0. The highest BCUT2D eigenvalue weighted by atomic mass is 31.2. The average Bonchev–Trinajstić information content (AvgIpc) is 3.02. The largest absolute Gasteiger partial charge is 0.530 e. The van der Waals surface area contributed by atoms with E-state index in [1.807, 2.05) is 36.4 Å². The van der Waals surface area contributed by atoms with Gasteiger partial charge in [0.05, 0.1) is 0 Å². The van der Waals surface area contributed by atoms with Crippen LogP contribution in [0.1, 0.15) is 16.7 Å². The Morgan fingerprint density at radius 2 is 0.605 bits per heavy atom. The zero-order chi connectivity index (χ0) is 29.6. The molecule has 0 N–H and O–H groups in total. The summed E-state index contributed by atoms with van der Waals surface area (Å²) < 4.78 is 19.0. The highest BCUT2D eigenvalue weighted by Gasteiger charge is 2.20. The number of hydrogen-bond acceptors (Lipinski definition) is 3. The molecule has 0 aromatic heterocycles. The Morgan fingerprint density at radius 3 is 0.860 bits per heavy atom. The van der Waals surface area contributed by atoms with Crippen molar-refractivity contribution in [1.82, 2.24) is 0 Å². The SMILES string of the molecule is Cc1cccc(-c2ccc(OP(Oc3ccc(-c4cccc(C)c4)cc3)Oc3ccc(-c4cccc(C)c4)cc3)cc2)c1. The maximum absolute atomic E-state index is 6.32. The van der Waals surface area contributed by atoms with E-state index < -0.39 is 8.60 Å². The topological polar surface area (TPSA) is 27.7 Å². The van der Waals surface area contributed by atoms with Gasteiger partial charge in [-0.2, -0.15) is 0 Å². The van der Waals surface area contributed by atoms with E-state index in [9.17, 15) is 0 Å². The van der Waals surface area contributed by atoms with Crippen molar-refractivity contribution in [3.05, 3.63) is 162 Å². The lowest BCUT2D eigenvalue weighted by atomic mass is 10.0. The number of hydrogen-bond donors (Lipinski definition) is 0. The summed E-state index contributed by atoms with van der Waals surface area (Å²) in [4.78, 5) is 0. The van der Waals surface area contributed by atoms with Crippen LogP contribution in [-0.2, 0) is 0 Å². The molecule has 4 heteroatoms. The maximum atomic E-state index is 6.32. The lowest BCUT2D eigenvalue weighted by molar-refractivity contribution is 0.388. The molecule has 0 aliphatic rings. The molecule has 0 aliphatic heterocycles. The van der Waals surface area contributed by atoms with Gasteiger partial charge in [0.2, 0.25) is 0 Å². The Labute approximate surface area is 255 Å². The van der Waals surface area contributed by atoms with Gasteiger partial charge in [-0.25, -0.2) is 0 Å². The standard InChI is InChI=1S/C39H33O3P/c1-28-7-4-10-34(25-28)31-13-19-37(20-14-31)40-43(41-38-21-15-32(16-22-38)35-11-5-8-29(2)26-35)42-39-23-17-33(18-24-39)36-12-6-9-30(3)27-36/h4-27H,1-3H3. The van der Waals surface area contributed by atoms with Crippen LogP contribution in [0.5, 0.6) is 17.2 Å². The minimum absolute atomic E-state index is 0.676. The molecule has 0 fully saturated rings. The number of rotatable bonds is 9. The molecule has 43 heavy (non-hydrogen) atoms. The molecule has 0 aliphatic carbocycles. The predicted molar refractivity (Wildman–Crippen MR) is 179 cm³/mol. The van der Waals surface area contributed by atoms with Crippen LogP contribution in [0.15, 0.2) is 146 Å². The molecule has 0 unspecified atom stereocenters. The van der Waals surface area contributed by atoms with E-state index in [0.717, 1.165) is 16.7 Å². The van der Waals surface area contributed by atoms with Crippen LogP contribution < -0.4 is 13.6 Å². The van der Waals surface area contributed by atoms with Crippen LogP contribution in [0.2, 0.25) is 0 Å². The summed E-state index contributed by atoms with van der Waals surface area (Å²) >= 11 is 0. The first-order chi connectivity index (χ1) is 21.0. The molecule has 0 saturated carbocycles. The van der Waals surface area contributed by atoms with Crippen LogP contribution in [0, 0.1) is 20.8 Å². The van der Waals surface area contributed by atoms with Crippen molar-refractivity contribution < 1.29 is 13.6 Å². The van der Waals surface area contributed by atoms with E-state index in [1.165, 1.54) is 33.4 Å². The molecule has 0 atom stereocenters. The molecule has 212 valence electrons. The molecular formula is C39H33O3P. The fourth-order valence-corrected chi connectivity index (χ4v) is 5.91. The molecule has 0 amide bonds. The number of aryl methyl sites for hydroxylation is 3. The predicted octanol–water partition coefficient (Wildman–Crippen LogP) is 11.4. The molecule has 6 rings (SSSR count). The molecular weight excluding hydrogens is 547 g/mol. The van der Waals surface area contributed by atoms with Crippen LogP contribution >= 0.6 is 8.60 Å². The smallest absolute Gasteiger partial charge is 0.409 e. The van der Waals surface area contributed by atoms with Crippen molar-refractivity contribution in [1.29, 1.82) is 0 Å². The van der Waals surface area contributed by atoms with E-state index >= 15 is 0 Å². The fourth-order valence-electron chi connectivity index (χ4n) is 4.91. The third-order valence-electron chi connectivity index (χ3n) is 7.16. The molecule has 0 radical (unpaired) electrons. The van der Waals surface area contributed by atoms with Crippen molar-refractivity contribution >= 4 is 8.60 Å². The molecule has 0 heterocycles. The summed E-state index contributed by atoms with van der Waals surface area (Å²) in [5.41, 5.74) is 10.6. The van der Waals surface area contributed by atoms with E-state index in [4.69, 9.17) is 13.6 Å². The Kier molecular flexibility index (Phi) is 8.54. The normalized spacial score (nSPS) is 10.9. The summed E-state index contributed by atoms with van der Waals surface area (Å²) in [7, 11) is -1.80. The molecule has 6 aromatic carbocycles. The first-order valence-corrected chi connectivity index (χ1v) is 15.4. The van der Waals surface area contributed by atoms with Crippen molar-refractivity contribution in [2.75, 3.05) is 0 Å². The first-order valence-electron chi connectivity index (χ1n) is 14.3. The second-order valence-electron chi connectivity index (χ2n) is 10.7. The Balaban J connectivity index is 1.22. The van der Waals surface area contributed by atoms with Gasteiger partial charge in [0.15, 0.2) is 0 Å². The molecule has 0 saturated heterocycles. The van der Waals surface area contributed by atoms with Crippen LogP contribution in [0.3, 0.4) is 0 Å². The van der Waals surface area contributed by atoms with Gasteiger partial charge in [-0.1, -0.05) is 126 Å². The lowest BCUT2D eigenvalue weighted by Crippen LogP contribution is -2.02. The van der Waals surface area contributed by atoms with Crippen molar-refractivity contribution in [2.24, 2.45) is 0 Å². The van der Waals surface area contributed by atoms with E-state index in [-0.39, 0.29) is 0 Å². The monoisotopic (exact) mass is 580 g/mol. The third kappa shape index (κ3) is 7.33. The maximum Gasteiger partial charge on any atom is 0.530 e. The zero-order valence-corrected chi connectivity index (χ0v) is 25.4. The average molecular weight is 581 g/mol. The van der Waals surface area contributed by atoms with Gasteiger partial charge >= 0.3 is 8.60 Å². The van der Waals surface area contributed by atoms with Crippen LogP contribution in [-0.4, -0.2) is 0 Å². The lowest BCUT2D eigenvalue weighted by Gasteiger charge is -2.18. The molecule has 6 aromatic rings. The summed E-state index contributed by atoms with van der Waals surface area (Å²) in [5, 5.41) is 0. The zero-order valence-electron chi connectivity index (χ0n) is 24.5. The van der Waals surface area contributed by atoms with Crippen molar-refractivity contribution in [3.8, 4) is 50.6 Å². The summed E-state index contributed by atoms with van der Waals surface area (Å²) in [6, 6.07) is 49.5. The van der Waals surface area contributed by atoms with Gasteiger partial charge in [0.25, 0.3) is 0 Å². The quantitative estimate of drug-likeness (QED) is 0.159. The fraction of sp³-hybridized carbons (Fsp3) is 0.0769. The van der Waals surface area contributed by atoms with Gasteiger partial charge < -0.3 is 13.6 Å². The van der Waals surface area contributed by atoms with Crippen LogP contribution in [0.4, 0.5) is 0 Å². The van der Waals surface area contributed by atoms with E-state index in [1.54, 1.807) is 0 Å². The highest BCUT2D eigenvalue weighted by Crippen LogP contribution is 2.43. The van der Waals surface area contributed by atoms with E-state index in [2.05, 4.69) is 130 Å². The van der Waals surface area contributed by atoms with Gasteiger partial charge in [-0.15, -0.1) is 0 Å². The molecule has 0 spiro atoms. The minimum Gasteiger partial charge on any atom is -0.409 e. The summed E-state index contributed by atoms with van der Waals surface area (Å²) in [5.74, 6) is 2.03.